The van der Waals surface area contributed by atoms with Crippen LogP contribution in [0.25, 0.3) is 5.82 Å². The fourth-order valence-electron chi connectivity index (χ4n) is 2.22. The molecule has 88 valence electrons. The summed E-state index contributed by atoms with van der Waals surface area (Å²) in [6.07, 6.45) is 6.97. The maximum Gasteiger partial charge on any atom is 0.155 e. The van der Waals surface area contributed by atoms with E-state index in [-0.39, 0.29) is 0 Å². The third-order valence-corrected chi connectivity index (χ3v) is 3.06. The Balaban J connectivity index is 1.93. The normalized spacial score (nSPS) is 20.4. The number of pyridine rings is 1. The molecule has 0 unspecified atom stereocenters. The van der Waals surface area contributed by atoms with Gasteiger partial charge in [0, 0.05) is 6.20 Å². The van der Waals surface area contributed by atoms with Crippen LogP contribution in [-0.2, 0) is 0 Å². The highest BCUT2D eigenvalue weighted by Gasteiger charge is 2.20. The van der Waals surface area contributed by atoms with Crippen LogP contribution in [0.3, 0.4) is 0 Å². The lowest BCUT2D eigenvalue weighted by Gasteiger charge is -2.22. The van der Waals surface area contributed by atoms with E-state index in [2.05, 4.69) is 20.4 Å². The molecule has 0 amide bonds. The maximum atomic E-state index is 4.37. The van der Waals surface area contributed by atoms with Gasteiger partial charge in [-0.05, 0) is 31.5 Å². The standard InChI is InChI=1S/C12H15N5/c1-3-7-13-10(5-1)12-15-9-16-17(12)11-6-2-4-8-14-11/h2,4,6,8-10,13H,1,3,5,7H2/t10-/m0/s1. The van der Waals surface area contributed by atoms with Gasteiger partial charge < -0.3 is 5.32 Å². The summed E-state index contributed by atoms with van der Waals surface area (Å²) in [6, 6.07) is 6.11. The minimum atomic E-state index is 0.299. The molecular formula is C12H15N5. The SMILES string of the molecule is c1ccc(-n2ncnc2[C@@H]2CCCCN2)nc1. The van der Waals surface area contributed by atoms with E-state index in [9.17, 15) is 0 Å². The van der Waals surface area contributed by atoms with Gasteiger partial charge in [0.2, 0.25) is 0 Å². The van der Waals surface area contributed by atoms with Crippen molar-refractivity contribution in [2.75, 3.05) is 6.54 Å². The molecule has 0 bridgehead atoms. The van der Waals surface area contributed by atoms with Gasteiger partial charge in [0.25, 0.3) is 0 Å². The first-order chi connectivity index (χ1) is 8.45. The van der Waals surface area contributed by atoms with Crippen molar-refractivity contribution in [2.24, 2.45) is 0 Å². The monoisotopic (exact) mass is 229 g/mol. The first-order valence-corrected chi connectivity index (χ1v) is 6.00. The molecule has 1 aliphatic rings. The topological polar surface area (TPSA) is 55.6 Å². The van der Waals surface area contributed by atoms with Crippen molar-refractivity contribution in [1.82, 2.24) is 25.1 Å². The maximum absolute atomic E-state index is 4.37. The summed E-state index contributed by atoms with van der Waals surface area (Å²) in [6.45, 7) is 1.06. The van der Waals surface area contributed by atoms with Gasteiger partial charge in [0.15, 0.2) is 11.6 Å². The molecule has 2 aromatic rings. The van der Waals surface area contributed by atoms with Gasteiger partial charge in [-0.25, -0.2) is 9.97 Å². The Bertz CT molecular complexity index is 473. The van der Waals surface area contributed by atoms with Gasteiger partial charge in [0.05, 0.1) is 6.04 Å². The lowest BCUT2D eigenvalue weighted by molar-refractivity contribution is 0.391. The molecule has 0 aliphatic carbocycles. The highest BCUT2D eigenvalue weighted by Crippen LogP contribution is 2.22. The Kier molecular flexibility index (Phi) is 2.83. The molecule has 1 aliphatic heterocycles. The Morgan fingerprint density at radius 2 is 2.24 bits per heavy atom. The first kappa shape index (κ1) is 10.4. The summed E-state index contributed by atoms with van der Waals surface area (Å²) in [4.78, 5) is 8.67. The predicted molar refractivity (Wildman–Crippen MR) is 63.7 cm³/mol. The van der Waals surface area contributed by atoms with Crippen LogP contribution in [0, 0.1) is 0 Å². The zero-order valence-electron chi connectivity index (χ0n) is 9.58. The second-order valence-electron chi connectivity index (χ2n) is 4.22. The Labute approximate surface area is 99.9 Å². The molecule has 0 radical (unpaired) electrons. The second-order valence-corrected chi connectivity index (χ2v) is 4.22. The number of hydrogen-bond donors (Lipinski definition) is 1. The van der Waals surface area contributed by atoms with Gasteiger partial charge >= 0.3 is 0 Å². The van der Waals surface area contributed by atoms with Crippen LogP contribution in [-0.4, -0.2) is 26.3 Å². The van der Waals surface area contributed by atoms with E-state index in [0.29, 0.717) is 6.04 Å². The molecule has 5 nitrogen and oxygen atoms in total. The van der Waals surface area contributed by atoms with Gasteiger partial charge in [-0.2, -0.15) is 9.78 Å². The third kappa shape index (κ3) is 2.06. The quantitative estimate of drug-likeness (QED) is 0.847. The summed E-state index contributed by atoms with van der Waals surface area (Å²) in [5.41, 5.74) is 0. The van der Waals surface area contributed by atoms with Crippen LogP contribution in [0.4, 0.5) is 0 Å². The van der Waals surface area contributed by atoms with E-state index in [4.69, 9.17) is 0 Å². The number of hydrogen-bond acceptors (Lipinski definition) is 4. The van der Waals surface area contributed by atoms with Crippen molar-refractivity contribution in [3.8, 4) is 5.82 Å². The largest absolute Gasteiger partial charge is 0.307 e. The summed E-state index contributed by atoms with van der Waals surface area (Å²) in [7, 11) is 0. The van der Waals surface area contributed by atoms with Crippen LogP contribution in [0.5, 0.6) is 0 Å². The summed E-state index contributed by atoms with van der Waals surface area (Å²) >= 11 is 0. The Hall–Kier alpha value is -1.75. The average molecular weight is 229 g/mol. The van der Waals surface area contributed by atoms with E-state index in [1.807, 2.05) is 22.9 Å². The number of piperidine rings is 1. The van der Waals surface area contributed by atoms with E-state index >= 15 is 0 Å². The molecule has 0 saturated carbocycles. The van der Waals surface area contributed by atoms with Gasteiger partial charge in [0.1, 0.15) is 6.33 Å². The van der Waals surface area contributed by atoms with Gasteiger partial charge in [-0.15, -0.1) is 0 Å². The third-order valence-electron chi connectivity index (χ3n) is 3.06. The molecule has 1 N–H and O–H groups in total. The minimum Gasteiger partial charge on any atom is -0.307 e. The smallest absolute Gasteiger partial charge is 0.155 e. The summed E-state index contributed by atoms with van der Waals surface area (Å²) in [5.74, 6) is 1.79. The van der Waals surface area contributed by atoms with Crippen LogP contribution >= 0.6 is 0 Å². The Morgan fingerprint density at radius 3 is 3.00 bits per heavy atom. The van der Waals surface area contributed by atoms with Crippen LogP contribution in [0.15, 0.2) is 30.7 Å². The molecular weight excluding hydrogens is 214 g/mol. The van der Waals surface area contributed by atoms with Crippen molar-refractivity contribution < 1.29 is 0 Å². The molecule has 1 fully saturated rings. The highest BCUT2D eigenvalue weighted by molar-refractivity contribution is 5.22. The Morgan fingerprint density at radius 1 is 1.24 bits per heavy atom. The van der Waals surface area contributed by atoms with Crippen LogP contribution < -0.4 is 5.32 Å². The van der Waals surface area contributed by atoms with Crippen molar-refractivity contribution in [2.45, 2.75) is 25.3 Å². The molecule has 17 heavy (non-hydrogen) atoms. The molecule has 3 heterocycles. The van der Waals surface area contributed by atoms with E-state index in [1.165, 1.54) is 12.8 Å². The fourth-order valence-corrected chi connectivity index (χ4v) is 2.22. The van der Waals surface area contributed by atoms with E-state index in [0.717, 1.165) is 24.6 Å². The van der Waals surface area contributed by atoms with Crippen molar-refractivity contribution >= 4 is 0 Å². The highest BCUT2D eigenvalue weighted by atomic mass is 15.4. The van der Waals surface area contributed by atoms with Crippen molar-refractivity contribution in [3.63, 3.8) is 0 Å². The molecule has 5 heteroatoms. The zero-order chi connectivity index (χ0) is 11.5. The number of nitrogens with zero attached hydrogens (tertiary/aromatic N) is 4. The lowest BCUT2D eigenvalue weighted by Crippen LogP contribution is -2.29. The summed E-state index contributed by atoms with van der Waals surface area (Å²) < 4.78 is 1.82. The van der Waals surface area contributed by atoms with E-state index < -0.39 is 0 Å². The fraction of sp³-hybridized carbons (Fsp3) is 0.417. The number of nitrogens with one attached hydrogen (secondary N) is 1. The number of aromatic nitrogens is 4. The number of rotatable bonds is 2. The van der Waals surface area contributed by atoms with Crippen LogP contribution in [0.1, 0.15) is 31.1 Å². The molecule has 3 rings (SSSR count). The van der Waals surface area contributed by atoms with Gasteiger partial charge in [-0.3, -0.25) is 0 Å². The molecule has 1 atom stereocenters. The lowest BCUT2D eigenvalue weighted by atomic mass is 10.0. The van der Waals surface area contributed by atoms with Crippen LogP contribution in [0.2, 0.25) is 0 Å². The predicted octanol–water partition coefficient (Wildman–Crippen LogP) is 1.48. The van der Waals surface area contributed by atoms with E-state index in [1.54, 1.807) is 12.5 Å². The van der Waals surface area contributed by atoms with Crippen molar-refractivity contribution in [3.05, 3.63) is 36.5 Å². The molecule has 0 spiro atoms. The second kappa shape index (κ2) is 4.63. The zero-order valence-corrected chi connectivity index (χ0v) is 9.58. The molecule has 2 aromatic heterocycles. The average Bonchev–Trinajstić information content (AvgIpc) is 2.90. The van der Waals surface area contributed by atoms with Gasteiger partial charge in [-0.1, -0.05) is 12.5 Å². The minimum absolute atomic E-state index is 0.299. The molecule has 1 saturated heterocycles. The summed E-state index contributed by atoms with van der Waals surface area (Å²) in [5, 5.41) is 7.75. The first-order valence-electron chi connectivity index (χ1n) is 6.00. The molecule has 0 aromatic carbocycles. The van der Waals surface area contributed by atoms with Crippen molar-refractivity contribution in [1.29, 1.82) is 0 Å².